The summed E-state index contributed by atoms with van der Waals surface area (Å²) in [6.45, 7) is 3.97. The van der Waals surface area contributed by atoms with Crippen molar-refractivity contribution in [2.24, 2.45) is 0 Å². The molecule has 20 heavy (non-hydrogen) atoms. The van der Waals surface area contributed by atoms with E-state index in [0.717, 1.165) is 22.9 Å². The second kappa shape index (κ2) is 6.19. The highest BCUT2D eigenvalue weighted by atomic mass is 16.5. The van der Waals surface area contributed by atoms with Gasteiger partial charge in [0.1, 0.15) is 11.5 Å². The Morgan fingerprint density at radius 1 is 1.00 bits per heavy atom. The second-order valence-corrected chi connectivity index (χ2v) is 4.81. The van der Waals surface area contributed by atoms with Crippen LogP contribution in [-0.4, -0.2) is 13.2 Å². The molecule has 0 saturated heterocycles. The van der Waals surface area contributed by atoms with Crippen molar-refractivity contribution in [1.82, 2.24) is 0 Å². The SMILES string of the molecule is COc1cccc(Nc2cc(N)cc(OC(C)C)c2)c1. The van der Waals surface area contributed by atoms with Crippen molar-refractivity contribution in [3.8, 4) is 11.5 Å². The lowest BCUT2D eigenvalue weighted by atomic mass is 10.2. The number of hydrogen-bond acceptors (Lipinski definition) is 4. The molecule has 0 bridgehead atoms. The molecular formula is C16H20N2O2. The summed E-state index contributed by atoms with van der Waals surface area (Å²) < 4.78 is 10.9. The fourth-order valence-electron chi connectivity index (χ4n) is 1.90. The number of benzene rings is 2. The molecule has 4 nitrogen and oxygen atoms in total. The smallest absolute Gasteiger partial charge is 0.123 e. The third kappa shape index (κ3) is 3.82. The van der Waals surface area contributed by atoms with Crippen LogP contribution in [0, 0.1) is 0 Å². The molecule has 0 heterocycles. The molecule has 2 aromatic rings. The molecule has 0 radical (unpaired) electrons. The summed E-state index contributed by atoms with van der Waals surface area (Å²) in [5.74, 6) is 1.56. The van der Waals surface area contributed by atoms with Gasteiger partial charge in [-0.2, -0.15) is 0 Å². The Balaban J connectivity index is 2.21. The average molecular weight is 272 g/mol. The van der Waals surface area contributed by atoms with Crippen LogP contribution in [-0.2, 0) is 0 Å². The fourth-order valence-corrected chi connectivity index (χ4v) is 1.90. The van der Waals surface area contributed by atoms with Gasteiger partial charge in [-0.1, -0.05) is 6.07 Å². The predicted octanol–water partition coefficient (Wildman–Crippen LogP) is 3.81. The number of nitrogens with one attached hydrogen (secondary N) is 1. The van der Waals surface area contributed by atoms with Crippen LogP contribution in [0.5, 0.6) is 11.5 Å². The van der Waals surface area contributed by atoms with Gasteiger partial charge in [0.15, 0.2) is 0 Å². The van der Waals surface area contributed by atoms with Gasteiger partial charge < -0.3 is 20.5 Å². The number of methoxy groups -OCH3 is 1. The molecule has 0 amide bonds. The van der Waals surface area contributed by atoms with Crippen LogP contribution < -0.4 is 20.5 Å². The predicted molar refractivity (Wildman–Crippen MR) is 82.9 cm³/mol. The maximum atomic E-state index is 5.90. The Kier molecular flexibility index (Phi) is 4.35. The Hall–Kier alpha value is -2.36. The van der Waals surface area contributed by atoms with Crippen LogP contribution in [0.3, 0.4) is 0 Å². The van der Waals surface area contributed by atoms with E-state index in [1.165, 1.54) is 0 Å². The zero-order valence-corrected chi connectivity index (χ0v) is 12.0. The van der Waals surface area contributed by atoms with E-state index in [2.05, 4.69) is 5.32 Å². The zero-order chi connectivity index (χ0) is 14.5. The maximum absolute atomic E-state index is 5.90. The molecule has 0 fully saturated rings. The number of nitrogens with two attached hydrogens (primary N) is 1. The molecular weight excluding hydrogens is 252 g/mol. The largest absolute Gasteiger partial charge is 0.497 e. The summed E-state index contributed by atoms with van der Waals surface area (Å²) in [5, 5.41) is 3.29. The van der Waals surface area contributed by atoms with Crippen LogP contribution in [0.2, 0.25) is 0 Å². The van der Waals surface area contributed by atoms with Crippen molar-refractivity contribution in [3.05, 3.63) is 42.5 Å². The van der Waals surface area contributed by atoms with Crippen LogP contribution in [0.25, 0.3) is 0 Å². The van der Waals surface area contributed by atoms with E-state index in [0.29, 0.717) is 5.69 Å². The molecule has 2 rings (SSSR count). The normalized spacial score (nSPS) is 10.4. The summed E-state index contributed by atoms with van der Waals surface area (Å²) in [5.41, 5.74) is 8.38. The van der Waals surface area contributed by atoms with E-state index >= 15 is 0 Å². The van der Waals surface area contributed by atoms with Crippen molar-refractivity contribution in [1.29, 1.82) is 0 Å². The minimum Gasteiger partial charge on any atom is -0.497 e. The Labute approximate surface area is 119 Å². The first-order valence-corrected chi connectivity index (χ1v) is 6.55. The van der Waals surface area contributed by atoms with E-state index in [1.807, 2.05) is 56.3 Å². The topological polar surface area (TPSA) is 56.5 Å². The third-order valence-corrected chi connectivity index (χ3v) is 2.66. The quantitative estimate of drug-likeness (QED) is 0.813. The van der Waals surface area contributed by atoms with Crippen LogP contribution in [0.1, 0.15) is 13.8 Å². The minimum atomic E-state index is 0.112. The van der Waals surface area contributed by atoms with Crippen molar-refractivity contribution < 1.29 is 9.47 Å². The monoisotopic (exact) mass is 272 g/mol. The summed E-state index contributed by atoms with van der Waals surface area (Å²) in [6, 6.07) is 13.3. The molecule has 0 spiro atoms. The van der Waals surface area contributed by atoms with E-state index in [9.17, 15) is 0 Å². The molecule has 3 N–H and O–H groups in total. The second-order valence-electron chi connectivity index (χ2n) is 4.81. The van der Waals surface area contributed by atoms with Gasteiger partial charge in [-0.15, -0.1) is 0 Å². The van der Waals surface area contributed by atoms with Gasteiger partial charge in [-0.3, -0.25) is 0 Å². The van der Waals surface area contributed by atoms with Crippen LogP contribution in [0.15, 0.2) is 42.5 Å². The van der Waals surface area contributed by atoms with Gasteiger partial charge in [-0.05, 0) is 32.0 Å². The van der Waals surface area contributed by atoms with Gasteiger partial charge in [0.2, 0.25) is 0 Å². The number of ether oxygens (including phenoxy) is 2. The van der Waals surface area contributed by atoms with Crippen molar-refractivity contribution in [2.45, 2.75) is 20.0 Å². The van der Waals surface area contributed by atoms with Gasteiger partial charge in [-0.25, -0.2) is 0 Å². The first-order valence-electron chi connectivity index (χ1n) is 6.55. The van der Waals surface area contributed by atoms with Crippen molar-refractivity contribution >= 4 is 17.1 Å². The average Bonchev–Trinajstić information content (AvgIpc) is 2.37. The Morgan fingerprint density at radius 3 is 2.45 bits per heavy atom. The Morgan fingerprint density at radius 2 is 1.75 bits per heavy atom. The molecule has 4 heteroatoms. The number of hydrogen-bond donors (Lipinski definition) is 2. The first kappa shape index (κ1) is 14.1. The lowest BCUT2D eigenvalue weighted by molar-refractivity contribution is 0.242. The number of nitrogen functional groups attached to an aromatic ring is 1. The molecule has 0 aromatic heterocycles. The van der Waals surface area contributed by atoms with E-state index in [1.54, 1.807) is 7.11 Å². The lowest BCUT2D eigenvalue weighted by Gasteiger charge is -2.13. The Bertz CT molecular complexity index is 582. The van der Waals surface area contributed by atoms with Gasteiger partial charge >= 0.3 is 0 Å². The molecule has 106 valence electrons. The minimum absolute atomic E-state index is 0.112. The van der Waals surface area contributed by atoms with Crippen molar-refractivity contribution in [2.75, 3.05) is 18.2 Å². The highest BCUT2D eigenvalue weighted by molar-refractivity contribution is 5.67. The summed E-state index contributed by atoms with van der Waals surface area (Å²) >= 11 is 0. The van der Waals surface area contributed by atoms with Gasteiger partial charge in [0.05, 0.1) is 13.2 Å². The first-order chi connectivity index (χ1) is 9.56. The highest BCUT2D eigenvalue weighted by Gasteiger charge is 2.03. The molecule has 0 aliphatic heterocycles. The van der Waals surface area contributed by atoms with Gasteiger partial charge in [0.25, 0.3) is 0 Å². The molecule has 0 aliphatic rings. The molecule has 2 aromatic carbocycles. The standard InChI is InChI=1S/C16H20N2O2/c1-11(2)20-16-8-12(17)7-14(10-16)18-13-5-4-6-15(9-13)19-3/h4-11,18H,17H2,1-3H3. The molecule has 0 saturated carbocycles. The number of anilines is 3. The van der Waals surface area contributed by atoms with E-state index < -0.39 is 0 Å². The summed E-state index contributed by atoms with van der Waals surface area (Å²) in [4.78, 5) is 0. The molecule has 0 aliphatic carbocycles. The maximum Gasteiger partial charge on any atom is 0.123 e. The fraction of sp³-hybridized carbons (Fsp3) is 0.250. The van der Waals surface area contributed by atoms with Crippen LogP contribution >= 0.6 is 0 Å². The van der Waals surface area contributed by atoms with Crippen molar-refractivity contribution in [3.63, 3.8) is 0 Å². The lowest BCUT2D eigenvalue weighted by Crippen LogP contribution is -2.06. The number of rotatable bonds is 5. The van der Waals surface area contributed by atoms with Gasteiger partial charge in [0, 0.05) is 35.3 Å². The highest BCUT2D eigenvalue weighted by Crippen LogP contribution is 2.27. The van der Waals surface area contributed by atoms with E-state index in [-0.39, 0.29) is 6.10 Å². The summed E-state index contributed by atoms with van der Waals surface area (Å²) in [7, 11) is 1.65. The molecule has 0 unspecified atom stereocenters. The van der Waals surface area contributed by atoms with Crippen LogP contribution in [0.4, 0.5) is 17.1 Å². The van der Waals surface area contributed by atoms with E-state index in [4.69, 9.17) is 15.2 Å². The molecule has 0 atom stereocenters. The third-order valence-electron chi connectivity index (χ3n) is 2.66. The summed E-state index contributed by atoms with van der Waals surface area (Å²) in [6.07, 6.45) is 0.112. The zero-order valence-electron chi connectivity index (χ0n) is 12.0.